The topological polar surface area (TPSA) is 77.9 Å². The van der Waals surface area contributed by atoms with Crippen LogP contribution in [0.25, 0.3) is 0 Å². The Hall–Kier alpha value is -1.15. The zero-order valence-corrected chi connectivity index (χ0v) is 13.7. The van der Waals surface area contributed by atoms with Gasteiger partial charge in [-0.05, 0) is 18.6 Å². The summed E-state index contributed by atoms with van der Waals surface area (Å²) in [6.45, 7) is 1.64. The minimum Gasteiger partial charge on any atom is -0.481 e. The first-order chi connectivity index (χ1) is 9.67. The third-order valence-corrected chi connectivity index (χ3v) is 5.66. The molecular formula is C13H19ClN2O4S. The molecule has 0 aliphatic carbocycles. The predicted molar refractivity (Wildman–Crippen MR) is 81.4 cm³/mol. The molecule has 0 amide bonds. The van der Waals surface area contributed by atoms with E-state index in [4.69, 9.17) is 16.7 Å². The smallest absolute Gasteiger partial charge is 0.304 e. The van der Waals surface area contributed by atoms with Crippen molar-refractivity contribution in [2.45, 2.75) is 19.4 Å². The van der Waals surface area contributed by atoms with Crippen LogP contribution in [0.4, 0.5) is 0 Å². The van der Waals surface area contributed by atoms with E-state index in [0.717, 1.165) is 4.31 Å². The van der Waals surface area contributed by atoms with Crippen LogP contribution in [-0.2, 0) is 15.0 Å². The quantitative estimate of drug-likeness (QED) is 0.827. The highest BCUT2D eigenvalue weighted by Crippen LogP contribution is 2.28. The number of benzene rings is 1. The lowest BCUT2D eigenvalue weighted by molar-refractivity contribution is -0.137. The molecule has 0 saturated heterocycles. The molecule has 0 spiro atoms. The van der Waals surface area contributed by atoms with Gasteiger partial charge >= 0.3 is 5.97 Å². The molecular weight excluding hydrogens is 316 g/mol. The predicted octanol–water partition coefficient (Wildman–Crippen LogP) is 1.98. The van der Waals surface area contributed by atoms with Crippen LogP contribution in [0.5, 0.6) is 0 Å². The second-order valence-electron chi connectivity index (χ2n) is 4.69. The van der Waals surface area contributed by atoms with Crippen LogP contribution in [-0.4, -0.2) is 48.7 Å². The molecule has 1 N–H and O–H groups in total. The van der Waals surface area contributed by atoms with Gasteiger partial charge in [0.15, 0.2) is 0 Å². The van der Waals surface area contributed by atoms with E-state index in [2.05, 4.69) is 0 Å². The Bertz CT molecular complexity index is 606. The lowest BCUT2D eigenvalue weighted by Gasteiger charge is -2.29. The first-order valence-electron chi connectivity index (χ1n) is 6.33. The molecule has 0 saturated carbocycles. The van der Waals surface area contributed by atoms with Gasteiger partial charge in [0, 0.05) is 31.7 Å². The van der Waals surface area contributed by atoms with Gasteiger partial charge in [0.2, 0.25) is 0 Å². The molecule has 1 atom stereocenters. The molecule has 1 aromatic rings. The zero-order valence-electron chi connectivity index (χ0n) is 12.2. The molecule has 8 heteroatoms. The third-order valence-electron chi connectivity index (χ3n) is 3.30. The SMILES string of the molecule is CC(c1ccccc1Cl)N(C)S(=O)(=O)N(C)CCC(=O)O. The van der Waals surface area contributed by atoms with Crippen molar-refractivity contribution in [3.8, 4) is 0 Å². The van der Waals surface area contributed by atoms with Gasteiger partial charge in [-0.2, -0.15) is 17.0 Å². The molecule has 0 aromatic heterocycles. The number of nitrogens with zero attached hydrogens (tertiary/aromatic N) is 2. The number of halogens is 1. The number of aliphatic carboxylic acids is 1. The maximum absolute atomic E-state index is 12.4. The van der Waals surface area contributed by atoms with E-state index in [1.807, 2.05) is 0 Å². The minimum absolute atomic E-state index is 0.0861. The van der Waals surface area contributed by atoms with Crippen molar-refractivity contribution in [2.24, 2.45) is 0 Å². The second-order valence-corrected chi connectivity index (χ2v) is 7.19. The molecule has 0 fully saturated rings. The summed E-state index contributed by atoms with van der Waals surface area (Å²) in [6, 6.07) is 6.55. The Morgan fingerprint density at radius 1 is 1.33 bits per heavy atom. The van der Waals surface area contributed by atoms with Crippen LogP contribution in [0.1, 0.15) is 24.9 Å². The van der Waals surface area contributed by atoms with Crippen molar-refractivity contribution in [2.75, 3.05) is 20.6 Å². The molecule has 1 rings (SSSR count). The molecule has 118 valence electrons. The number of carboxylic acid groups (broad SMARTS) is 1. The fraction of sp³-hybridized carbons (Fsp3) is 0.462. The van der Waals surface area contributed by atoms with Gasteiger partial charge in [0.05, 0.1) is 6.42 Å². The maximum atomic E-state index is 12.4. The van der Waals surface area contributed by atoms with Crippen LogP contribution in [0, 0.1) is 0 Å². The van der Waals surface area contributed by atoms with Crippen molar-refractivity contribution < 1.29 is 18.3 Å². The molecule has 0 heterocycles. The lowest BCUT2D eigenvalue weighted by atomic mass is 10.1. The van der Waals surface area contributed by atoms with Crippen molar-refractivity contribution >= 4 is 27.8 Å². The summed E-state index contributed by atoms with van der Waals surface area (Å²) >= 11 is 6.08. The molecule has 0 aliphatic heterocycles. The Morgan fingerprint density at radius 2 is 1.90 bits per heavy atom. The summed E-state index contributed by atoms with van der Waals surface area (Å²) in [4.78, 5) is 10.5. The summed E-state index contributed by atoms with van der Waals surface area (Å²) in [5.74, 6) is -1.04. The van der Waals surface area contributed by atoms with E-state index in [9.17, 15) is 13.2 Å². The Labute approximate surface area is 130 Å². The third kappa shape index (κ3) is 4.41. The van der Waals surface area contributed by atoms with E-state index in [1.54, 1.807) is 31.2 Å². The molecule has 0 aliphatic rings. The molecule has 0 bridgehead atoms. The van der Waals surface area contributed by atoms with E-state index >= 15 is 0 Å². The van der Waals surface area contributed by atoms with E-state index < -0.39 is 22.2 Å². The van der Waals surface area contributed by atoms with Gasteiger partial charge in [-0.1, -0.05) is 29.8 Å². The van der Waals surface area contributed by atoms with Gasteiger partial charge in [0.25, 0.3) is 10.2 Å². The van der Waals surface area contributed by atoms with E-state index in [1.165, 1.54) is 18.4 Å². The summed E-state index contributed by atoms with van der Waals surface area (Å²) in [7, 11) is -0.954. The monoisotopic (exact) mass is 334 g/mol. The highest BCUT2D eigenvalue weighted by molar-refractivity contribution is 7.86. The Kier molecular flexibility index (Phi) is 6.15. The van der Waals surface area contributed by atoms with Crippen molar-refractivity contribution in [1.82, 2.24) is 8.61 Å². The maximum Gasteiger partial charge on any atom is 0.304 e. The van der Waals surface area contributed by atoms with Crippen LogP contribution < -0.4 is 0 Å². The fourth-order valence-electron chi connectivity index (χ4n) is 1.80. The first-order valence-corrected chi connectivity index (χ1v) is 8.11. The highest BCUT2D eigenvalue weighted by Gasteiger charge is 2.29. The zero-order chi connectivity index (χ0) is 16.2. The molecule has 0 radical (unpaired) electrons. The van der Waals surface area contributed by atoms with Gasteiger partial charge < -0.3 is 5.11 Å². The summed E-state index contributed by atoms with van der Waals surface area (Å²) in [5.41, 5.74) is 0.692. The number of carboxylic acids is 1. The Morgan fingerprint density at radius 3 is 2.43 bits per heavy atom. The van der Waals surface area contributed by atoms with Gasteiger partial charge in [0.1, 0.15) is 0 Å². The number of hydrogen-bond donors (Lipinski definition) is 1. The van der Waals surface area contributed by atoms with Crippen LogP contribution in [0.15, 0.2) is 24.3 Å². The average molecular weight is 335 g/mol. The normalized spacial score (nSPS) is 13.6. The fourth-order valence-corrected chi connectivity index (χ4v) is 3.37. The number of carbonyl (C=O) groups is 1. The number of hydrogen-bond acceptors (Lipinski definition) is 3. The minimum atomic E-state index is -3.75. The second kappa shape index (κ2) is 7.22. The van der Waals surface area contributed by atoms with Gasteiger partial charge in [-0.15, -0.1) is 0 Å². The Balaban J connectivity index is 2.92. The van der Waals surface area contributed by atoms with Gasteiger partial charge in [-0.3, -0.25) is 4.79 Å². The van der Waals surface area contributed by atoms with Crippen LogP contribution in [0.2, 0.25) is 5.02 Å². The first kappa shape index (κ1) is 17.9. The molecule has 6 nitrogen and oxygen atoms in total. The summed E-state index contributed by atoms with van der Waals surface area (Å²) in [6.07, 6.45) is -0.246. The van der Waals surface area contributed by atoms with E-state index in [-0.39, 0.29) is 13.0 Å². The van der Waals surface area contributed by atoms with Crippen LogP contribution in [0.3, 0.4) is 0 Å². The molecule has 1 aromatic carbocycles. The lowest BCUT2D eigenvalue weighted by Crippen LogP contribution is -2.41. The van der Waals surface area contributed by atoms with E-state index in [0.29, 0.717) is 10.6 Å². The summed E-state index contributed by atoms with van der Waals surface area (Å²) in [5, 5.41) is 9.12. The largest absolute Gasteiger partial charge is 0.481 e. The van der Waals surface area contributed by atoms with Crippen molar-refractivity contribution in [1.29, 1.82) is 0 Å². The molecule has 1 unspecified atom stereocenters. The standard InChI is InChI=1S/C13H19ClN2O4S/c1-10(11-6-4-5-7-12(11)14)16(3)21(19,20)15(2)9-8-13(17)18/h4-7,10H,8-9H2,1-3H3,(H,17,18). The van der Waals surface area contributed by atoms with Crippen molar-refractivity contribution in [3.05, 3.63) is 34.9 Å². The summed E-state index contributed by atoms with van der Waals surface area (Å²) < 4.78 is 27.0. The van der Waals surface area contributed by atoms with Crippen molar-refractivity contribution in [3.63, 3.8) is 0 Å². The molecule has 21 heavy (non-hydrogen) atoms. The average Bonchev–Trinajstić information content (AvgIpc) is 2.43. The highest BCUT2D eigenvalue weighted by atomic mass is 35.5. The van der Waals surface area contributed by atoms with Gasteiger partial charge in [-0.25, -0.2) is 0 Å². The van der Waals surface area contributed by atoms with Crippen LogP contribution >= 0.6 is 11.6 Å². The number of rotatable bonds is 7.